The highest BCUT2D eigenvalue weighted by molar-refractivity contribution is 9.08. The number of rotatable bonds is 3. The number of aromatic nitrogens is 1. The molecule has 4 heteroatoms. The summed E-state index contributed by atoms with van der Waals surface area (Å²) in [6.07, 6.45) is 7.69. The van der Waals surface area contributed by atoms with Gasteiger partial charge in [-0.25, -0.2) is 4.98 Å². The minimum atomic E-state index is 0.863. The third-order valence-electron chi connectivity index (χ3n) is 4.72. The van der Waals surface area contributed by atoms with Gasteiger partial charge in [0.15, 0.2) is 0 Å². The van der Waals surface area contributed by atoms with Gasteiger partial charge >= 0.3 is 0 Å². The first-order chi connectivity index (χ1) is 9.78. The van der Waals surface area contributed by atoms with E-state index in [0.29, 0.717) is 0 Å². The molecule has 0 spiro atoms. The van der Waals surface area contributed by atoms with Gasteiger partial charge < -0.3 is 4.90 Å². The summed E-state index contributed by atoms with van der Waals surface area (Å²) in [5, 5.41) is 0.885. The van der Waals surface area contributed by atoms with E-state index in [1.54, 1.807) is 0 Å². The Bertz CT molecular complexity index is 449. The van der Waals surface area contributed by atoms with E-state index in [1.807, 2.05) is 6.20 Å². The molecule has 2 fully saturated rings. The molecule has 3 nitrogen and oxygen atoms in total. The van der Waals surface area contributed by atoms with E-state index in [0.717, 1.165) is 24.5 Å². The number of halogens is 1. The maximum atomic E-state index is 4.67. The summed E-state index contributed by atoms with van der Waals surface area (Å²) >= 11 is 3.50. The molecule has 0 atom stereocenters. The van der Waals surface area contributed by atoms with Gasteiger partial charge in [-0.2, -0.15) is 0 Å². The minimum absolute atomic E-state index is 0.863. The second-order valence-corrected chi connectivity index (χ2v) is 6.64. The molecule has 1 saturated heterocycles. The van der Waals surface area contributed by atoms with Crippen LogP contribution < -0.4 is 4.90 Å². The summed E-state index contributed by atoms with van der Waals surface area (Å²) in [5.74, 6) is 1.18. The summed E-state index contributed by atoms with van der Waals surface area (Å²) in [6, 6.07) is 3.11. The topological polar surface area (TPSA) is 19.4 Å². The molecule has 0 unspecified atom stereocenters. The fourth-order valence-electron chi connectivity index (χ4n) is 3.60. The van der Waals surface area contributed by atoms with E-state index in [1.165, 1.54) is 55.7 Å². The van der Waals surface area contributed by atoms with Crippen molar-refractivity contribution in [1.29, 1.82) is 0 Å². The second kappa shape index (κ2) is 6.44. The Hall–Kier alpha value is -0.610. The number of pyridine rings is 1. The first-order valence-electron chi connectivity index (χ1n) is 7.78. The molecule has 1 aliphatic heterocycles. The summed E-state index contributed by atoms with van der Waals surface area (Å²) in [4.78, 5) is 9.83. The number of nitrogens with zero attached hydrogens (tertiary/aromatic N) is 3. The second-order valence-electron chi connectivity index (χ2n) is 6.08. The molecule has 110 valence electrons. The molecule has 3 rings (SSSR count). The van der Waals surface area contributed by atoms with Crippen LogP contribution in [0.5, 0.6) is 0 Å². The fraction of sp³-hybridized carbons (Fsp3) is 0.688. The zero-order chi connectivity index (χ0) is 13.9. The third-order valence-corrected chi connectivity index (χ3v) is 5.36. The van der Waals surface area contributed by atoms with E-state index >= 15 is 0 Å². The van der Waals surface area contributed by atoms with Crippen molar-refractivity contribution >= 4 is 21.7 Å². The van der Waals surface area contributed by atoms with Crippen LogP contribution in [0.15, 0.2) is 12.3 Å². The molecule has 2 aliphatic rings. The van der Waals surface area contributed by atoms with Crippen LogP contribution in [-0.4, -0.2) is 42.1 Å². The van der Waals surface area contributed by atoms with E-state index < -0.39 is 0 Å². The van der Waals surface area contributed by atoms with E-state index in [9.17, 15) is 0 Å². The van der Waals surface area contributed by atoms with Gasteiger partial charge in [-0.1, -0.05) is 34.8 Å². The van der Waals surface area contributed by atoms with Crippen LogP contribution in [0, 0.1) is 6.92 Å². The first-order valence-corrected chi connectivity index (χ1v) is 8.90. The molecular weight excluding hydrogens is 314 g/mol. The number of alkyl halides is 1. The fourth-order valence-corrected chi connectivity index (χ4v) is 3.90. The Morgan fingerprint density at radius 1 is 1.20 bits per heavy atom. The molecule has 20 heavy (non-hydrogen) atoms. The third kappa shape index (κ3) is 3.01. The predicted molar refractivity (Wildman–Crippen MR) is 87.6 cm³/mol. The predicted octanol–water partition coefficient (Wildman–Crippen LogP) is 3.35. The van der Waals surface area contributed by atoms with Crippen LogP contribution in [-0.2, 0) is 5.33 Å². The molecule has 0 N–H and O–H groups in total. The van der Waals surface area contributed by atoms with E-state index in [-0.39, 0.29) is 0 Å². The van der Waals surface area contributed by atoms with Gasteiger partial charge in [0.1, 0.15) is 5.82 Å². The molecule has 1 aromatic rings. The van der Waals surface area contributed by atoms with Crippen LogP contribution >= 0.6 is 15.9 Å². The minimum Gasteiger partial charge on any atom is -0.354 e. The molecule has 1 aromatic heterocycles. The quantitative estimate of drug-likeness (QED) is 0.788. The Kier molecular flexibility index (Phi) is 4.61. The lowest BCUT2D eigenvalue weighted by Crippen LogP contribution is -2.50. The maximum Gasteiger partial charge on any atom is 0.131 e. The van der Waals surface area contributed by atoms with Crippen molar-refractivity contribution in [3.8, 4) is 0 Å². The number of anilines is 1. The van der Waals surface area contributed by atoms with Crippen molar-refractivity contribution in [3.63, 3.8) is 0 Å². The van der Waals surface area contributed by atoms with Crippen molar-refractivity contribution in [1.82, 2.24) is 9.88 Å². The SMILES string of the molecule is Cc1cc(CBr)cnc1N1CCN(C2CCCC2)CC1. The molecule has 0 radical (unpaired) electrons. The lowest BCUT2D eigenvalue weighted by Gasteiger charge is -2.39. The van der Waals surface area contributed by atoms with E-state index in [2.05, 4.69) is 43.7 Å². The molecular formula is C16H24BrN3. The Balaban J connectivity index is 1.62. The van der Waals surface area contributed by atoms with Crippen LogP contribution in [0.2, 0.25) is 0 Å². The van der Waals surface area contributed by atoms with Gasteiger partial charge in [0, 0.05) is 43.7 Å². The van der Waals surface area contributed by atoms with Gasteiger partial charge in [-0.05, 0) is 30.9 Å². The van der Waals surface area contributed by atoms with Gasteiger partial charge in [0.05, 0.1) is 0 Å². The average molecular weight is 338 g/mol. The summed E-state index contributed by atoms with van der Waals surface area (Å²) in [7, 11) is 0. The summed E-state index contributed by atoms with van der Waals surface area (Å²) in [6.45, 7) is 6.83. The molecule has 1 aliphatic carbocycles. The van der Waals surface area contributed by atoms with Gasteiger partial charge in [0.25, 0.3) is 0 Å². The van der Waals surface area contributed by atoms with Crippen LogP contribution in [0.1, 0.15) is 36.8 Å². The zero-order valence-electron chi connectivity index (χ0n) is 12.3. The highest BCUT2D eigenvalue weighted by Gasteiger charge is 2.26. The molecule has 0 bridgehead atoms. The van der Waals surface area contributed by atoms with Crippen molar-refractivity contribution in [2.75, 3.05) is 31.1 Å². The zero-order valence-corrected chi connectivity index (χ0v) is 13.9. The Labute approximate surface area is 130 Å². The van der Waals surface area contributed by atoms with Crippen molar-refractivity contribution in [3.05, 3.63) is 23.4 Å². The Morgan fingerprint density at radius 3 is 2.50 bits per heavy atom. The standard InChI is InChI=1S/C16H24BrN3/c1-13-10-14(11-17)12-18-16(13)20-8-6-19(7-9-20)15-4-2-3-5-15/h10,12,15H,2-9,11H2,1H3. The number of aryl methyl sites for hydroxylation is 1. The van der Waals surface area contributed by atoms with Gasteiger partial charge in [-0.15, -0.1) is 0 Å². The molecule has 0 amide bonds. The van der Waals surface area contributed by atoms with E-state index in [4.69, 9.17) is 0 Å². The maximum absolute atomic E-state index is 4.67. The first kappa shape index (κ1) is 14.3. The van der Waals surface area contributed by atoms with Crippen molar-refractivity contribution in [2.24, 2.45) is 0 Å². The highest BCUT2D eigenvalue weighted by atomic mass is 79.9. The molecule has 0 aromatic carbocycles. The van der Waals surface area contributed by atoms with Crippen molar-refractivity contribution in [2.45, 2.75) is 44.0 Å². The lowest BCUT2D eigenvalue weighted by atomic mass is 10.1. The molecule has 2 heterocycles. The monoisotopic (exact) mass is 337 g/mol. The molecule has 1 saturated carbocycles. The summed E-state index contributed by atoms with van der Waals surface area (Å²) in [5.41, 5.74) is 2.56. The van der Waals surface area contributed by atoms with Crippen LogP contribution in [0.25, 0.3) is 0 Å². The Morgan fingerprint density at radius 2 is 1.90 bits per heavy atom. The van der Waals surface area contributed by atoms with Crippen LogP contribution in [0.4, 0.5) is 5.82 Å². The average Bonchev–Trinajstić information content (AvgIpc) is 3.01. The number of hydrogen-bond acceptors (Lipinski definition) is 3. The smallest absolute Gasteiger partial charge is 0.131 e. The van der Waals surface area contributed by atoms with Gasteiger partial charge in [-0.3, -0.25) is 4.90 Å². The lowest BCUT2D eigenvalue weighted by molar-refractivity contribution is 0.187. The normalized spacial score (nSPS) is 21.6. The van der Waals surface area contributed by atoms with Crippen LogP contribution in [0.3, 0.4) is 0 Å². The largest absolute Gasteiger partial charge is 0.354 e. The summed E-state index contributed by atoms with van der Waals surface area (Å²) < 4.78 is 0. The highest BCUT2D eigenvalue weighted by Crippen LogP contribution is 2.26. The van der Waals surface area contributed by atoms with Gasteiger partial charge in [0.2, 0.25) is 0 Å². The van der Waals surface area contributed by atoms with Crippen molar-refractivity contribution < 1.29 is 0 Å². The number of piperazine rings is 1. The number of hydrogen-bond donors (Lipinski definition) is 0.